The minimum atomic E-state index is -1.45. The third-order valence-electron chi connectivity index (χ3n) is 3.59. The Morgan fingerprint density at radius 1 is 1.52 bits per heavy atom. The Bertz CT molecular complexity index is 582. The molecule has 0 aromatic heterocycles. The third-order valence-corrected chi connectivity index (χ3v) is 4.68. The predicted octanol–water partition coefficient (Wildman–Crippen LogP) is 3.13. The quantitative estimate of drug-likeness (QED) is 0.641. The van der Waals surface area contributed by atoms with Gasteiger partial charge in [0.2, 0.25) is 0 Å². The summed E-state index contributed by atoms with van der Waals surface area (Å²) in [6, 6.07) is 1.72. The van der Waals surface area contributed by atoms with Gasteiger partial charge >= 0.3 is 5.97 Å². The maximum Gasteiger partial charge on any atom is 0.342 e. The van der Waals surface area contributed by atoms with Gasteiger partial charge in [0, 0.05) is 11.3 Å². The lowest BCUT2D eigenvalue weighted by Crippen LogP contribution is -2.17. The molecule has 0 heterocycles. The number of rotatable bonds is 5. The molecule has 0 aliphatic heterocycles. The van der Waals surface area contributed by atoms with Gasteiger partial charge in [0.25, 0.3) is 5.69 Å². The number of hydrogen-bond donors (Lipinski definition) is 2. The van der Waals surface area contributed by atoms with Crippen molar-refractivity contribution >= 4 is 29.1 Å². The monoisotopic (exact) mass is 314 g/mol. The molecule has 1 aromatic rings. The third kappa shape index (κ3) is 3.44. The maximum atomic E-state index is 13.9. The second kappa shape index (κ2) is 6.30. The Kier molecular flexibility index (Phi) is 4.66. The summed E-state index contributed by atoms with van der Waals surface area (Å²) in [5, 5.41) is 23.2. The minimum absolute atomic E-state index is 0.00440. The van der Waals surface area contributed by atoms with E-state index in [2.05, 4.69) is 5.32 Å². The minimum Gasteiger partial charge on any atom is -0.477 e. The summed E-state index contributed by atoms with van der Waals surface area (Å²) in [7, 11) is 0. The summed E-state index contributed by atoms with van der Waals surface area (Å²) in [6.45, 7) is 0. The second-order valence-electron chi connectivity index (χ2n) is 4.92. The average Bonchev–Trinajstić information content (AvgIpc) is 2.87. The lowest BCUT2D eigenvalue weighted by atomic mass is 10.1. The van der Waals surface area contributed by atoms with Crippen LogP contribution >= 0.6 is 11.8 Å². The molecule has 6 nitrogen and oxygen atoms in total. The van der Waals surface area contributed by atoms with E-state index >= 15 is 0 Å². The van der Waals surface area contributed by atoms with Crippen LogP contribution in [0.2, 0.25) is 0 Å². The highest BCUT2D eigenvalue weighted by Gasteiger charge is 2.27. The normalized spacial score (nSPS) is 21.2. The molecule has 114 valence electrons. The molecule has 1 saturated carbocycles. The van der Waals surface area contributed by atoms with E-state index < -0.39 is 28.0 Å². The highest BCUT2D eigenvalue weighted by Crippen LogP contribution is 2.32. The lowest BCUT2D eigenvalue weighted by Gasteiger charge is -2.15. The van der Waals surface area contributed by atoms with Crippen LogP contribution in [-0.4, -0.2) is 33.5 Å². The molecule has 2 rings (SSSR count). The van der Waals surface area contributed by atoms with Gasteiger partial charge in [0.1, 0.15) is 5.56 Å². The van der Waals surface area contributed by atoms with Crippen LogP contribution in [0.4, 0.5) is 15.8 Å². The van der Waals surface area contributed by atoms with Crippen LogP contribution in [-0.2, 0) is 0 Å². The fraction of sp³-hybridized carbons (Fsp3) is 0.462. The van der Waals surface area contributed by atoms with Crippen LogP contribution in [0.15, 0.2) is 12.1 Å². The summed E-state index contributed by atoms with van der Waals surface area (Å²) in [5.74, 6) is -2.25. The van der Waals surface area contributed by atoms with E-state index in [1.165, 1.54) is 0 Å². The number of halogens is 1. The molecule has 21 heavy (non-hydrogen) atoms. The van der Waals surface area contributed by atoms with E-state index in [4.69, 9.17) is 5.11 Å². The molecule has 8 heteroatoms. The SMILES string of the molecule is CSC1CCC(Nc2cc(C(=O)O)c([N+](=O)[O-])cc2F)C1. The van der Waals surface area contributed by atoms with Crippen molar-refractivity contribution < 1.29 is 19.2 Å². The molecule has 2 unspecified atom stereocenters. The highest BCUT2D eigenvalue weighted by atomic mass is 32.2. The zero-order chi connectivity index (χ0) is 15.6. The molecule has 1 aromatic carbocycles. The fourth-order valence-corrected chi connectivity index (χ4v) is 3.30. The molecular weight excluding hydrogens is 299 g/mol. The van der Waals surface area contributed by atoms with E-state index in [1.807, 2.05) is 6.26 Å². The highest BCUT2D eigenvalue weighted by molar-refractivity contribution is 7.99. The molecule has 1 aliphatic carbocycles. The summed E-state index contributed by atoms with van der Waals surface area (Å²) in [6.07, 6.45) is 4.76. The van der Waals surface area contributed by atoms with Gasteiger partial charge < -0.3 is 10.4 Å². The first-order chi connectivity index (χ1) is 9.92. The molecule has 1 fully saturated rings. The van der Waals surface area contributed by atoms with Crippen molar-refractivity contribution in [2.75, 3.05) is 11.6 Å². The number of nitro groups is 1. The van der Waals surface area contributed by atoms with Gasteiger partial charge in [0.05, 0.1) is 16.7 Å². The Morgan fingerprint density at radius 3 is 2.76 bits per heavy atom. The zero-order valence-electron chi connectivity index (χ0n) is 11.3. The van der Waals surface area contributed by atoms with Crippen molar-refractivity contribution in [2.45, 2.75) is 30.6 Å². The van der Waals surface area contributed by atoms with E-state index in [0.29, 0.717) is 11.3 Å². The number of nitro benzene ring substituents is 1. The number of carboxylic acids is 1. The number of thioether (sulfide) groups is 1. The van der Waals surface area contributed by atoms with Crippen LogP contribution in [0.3, 0.4) is 0 Å². The Labute approximate surface area is 124 Å². The largest absolute Gasteiger partial charge is 0.477 e. The fourth-order valence-electron chi connectivity index (χ4n) is 2.50. The first-order valence-electron chi connectivity index (χ1n) is 6.43. The van der Waals surface area contributed by atoms with Crippen LogP contribution in [0.5, 0.6) is 0 Å². The number of anilines is 1. The van der Waals surface area contributed by atoms with E-state index in [9.17, 15) is 19.3 Å². The maximum absolute atomic E-state index is 13.9. The van der Waals surface area contributed by atoms with E-state index in [0.717, 1.165) is 25.3 Å². The second-order valence-corrected chi connectivity index (χ2v) is 6.06. The van der Waals surface area contributed by atoms with Gasteiger partial charge in [-0.3, -0.25) is 10.1 Å². The van der Waals surface area contributed by atoms with Gasteiger partial charge in [-0.1, -0.05) is 0 Å². The van der Waals surface area contributed by atoms with Crippen molar-refractivity contribution in [1.82, 2.24) is 0 Å². The van der Waals surface area contributed by atoms with Crippen LogP contribution < -0.4 is 5.32 Å². The van der Waals surface area contributed by atoms with E-state index in [-0.39, 0.29) is 11.7 Å². The first-order valence-corrected chi connectivity index (χ1v) is 7.71. The number of benzene rings is 1. The van der Waals surface area contributed by atoms with Gasteiger partial charge in [-0.15, -0.1) is 0 Å². The number of carbonyl (C=O) groups is 1. The van der Waals surface area contributed by atoms with Gasteiger partial charge in [-0.25, -0.2) is 9.18 Å². The molecule has 2 N–H and O–H groups in total. The topological polar surface area (TPSA) is 92.5 Å². The smallest absolute Gasteiger partial charge is 0.342 e. The van der Waals surface area contributed by atoms with Crippen LogP contribution in [0.1, 0.15) is 29.6 Å². The summed E-state index contributed by atoms with van der Waals surface area (Å²) < 4.78 is 13.9. The molecule has 2 atom stereocenters. The number of carboxylic acid groups (broad SMARTS) is 1. The van der Waals surface area contributed by atoms with E-state index in [1.54, 1.807) is 11.8 Å². The van der Waals surface area contributed by atoms with Gasteiger partial charge in [-0.2, -0.15) is 11.8 Å². The molecule has 0 saturated heterocycles. The molecular formula is C13H15FN2O4S. The number of nitrogens with zero attached hydrogens (tertiary/aromatic N) is 1. The Hall–Kier alpha value is -1.83. The van der Waals surface area contributed by atoms with Crippen molar-refractivity contribution in [2.24, 2.45) is 0 Å². The standard InChI is InChI=1S/C13H15FN2O4S/c1-21-8-3-2-7(4-8)15-11-5-9(13(17)18)12(16(19)20)6-10(11)14/h5-8,15H,2-4H2,1H3,(H,17,18). The van der Waals surface area contributed by atoms with Gasteiger partial charge in [-0.05, 0) is 31.6 Å². The van der Waals surface area contributed by atoms with Crippen LogP contribution in [0, 0.1) is 15.9 Å². The summed E-state index contributed by atoms with van der Waals surface area (Å²) in [5.41, 5.74) is -1.24. The lowest BCUT2D eigenvalue weighted by molar-refractivity contribution is -0.385. The summed E-state index contributed by atoms with van der Waals surface area (Å²) in [4.78, 5) is 20.9. The number of aromatic carboxylic acids is 1. The molecule has 0 bridgehead atoms. The van der Waals surface area contributed by atoms with Crippen molar-refractivity contribution in [3.8, 4) is 0 Å². The Morgan fingerprint density at radius 2 is 2.24 bits per heavy atom. The molecule has 1 aliphatic rings. The average molecular weight is 314 g/mol. The van der Waals surface area contributed by atoms with Crippen LogP contribution in [0.25, 0.3) is 0 Å². The number of hydrogen-bond acceptors (Lipinski definition) is 5. The molecule has 0 radical (unpaired) electrons. The van der Waals surface area contributed by atoms with Gasteiger partial charge in [0.15, 0.2) is 5.82 Å². The molecule has 0 amide bonds. The van der Waals surface area contributed by atoms with Crippen molar-refractivity contribution in [3.05, 3.63) is 33.6 Å². The molecule has 0 spiro atoms. The first kappa shape index (κ1) is 15.6. The van der Waals surface area contributed by atoms with Crippen molar-refractivity contribution in [3.63, 3.8) is 0 Å². The zero-order valence-corrected chi connectivity index (χ0v) is 12.2. The summed E-state index contributed by atoms with van der Waals surface area (Å²) >= 11 is 1.75. The van der Waals surface area contributed by atoms with Crippen molar-refractivity contribution in [1.29, 1.82) is 0 Å². The Balaban J connectivity index is 2.26. The predicted molar refractivity (Wildman–Crippen MR) is 78.6 cm³/mol. The number of nitrogens with one attached hydrogen (secondary N) is 1.